The van der Waals surface area contributed by atoms with E-state index in [9.17, 15) is 4.79 Å². The number of ether oxygens (including phenoxy) is 4. The molecule has 6 rings (SSSR count). The van der Waals surface area contributed by atoms with Crippen LogP contribution in [0, 0.1) is 23.2 Å². The lowest BCUT2D eigenvalue weighted by Gasteiger charge is -2.53. The number of rotatable bonds is 17. The third kappa shape index (κ3) is 8.81. The Morgan fingerprint density at radius 1 is 0.830 bits per heavy atom. The van der Waals surface area contributed by atoms with Crippen LogP contribution in [0.4, 0.5) is 0 Å². The summed E-state index contributed by atoms with van der Waals surface area (Å²) in [5, 5.41) is 0. The van der Waals surface area contributed by atoms with E-state index >= 15 is 0 Å². The van der Waals surface area contributed by atoms with Gasteiger partial charge in [-0.05, 0) is 129 Å². The Morgan fingerprint density at radius 3 is 2.30 bits per heavy atom. The Bertz CT molecular complexity index is 1110. The van der Waals surface area contributed by atoms with E-state index in [1.165, 1.54) is 87.7 Å². The van der Waals surface area contributed by atoms with E-state index in [0.717, 1.165) is 82.3 Å². The Morgan fingerprint density at radius 2 is 1.55 bits per heavy atom. The molecule has 0 spiro atoms. The van der Waals surface area contributed by atoms with Crippen molar-refractivity contribution in [2.75, 3.05) is 24.7 Å². The molecule has 1 aromatic carbocycles. The molecule has 5 aliphatic rings. The summed E-state index contributed by atoms with van der Waals surface area (Å²) in [7, 11) is 0. The van der Waals surface area contributed by atoms with Gasteiger partial charge in [-0.15, -0.1) is 0 Å². The van der Waals surface area contributed by atoms with Gasteiger partial charge in [0.15, 0.2) is 18.4 Å². The third-order valence-electron chi connectivity index (χ3n) is 12.5. The molecule has 0 bridgehead atoms. The lowest BCUT2D eigenvalue weighted by molar-refractivity contribution is -0.213. The zero-order valence-electron chi connectivity index (χ0n) is 29.7. The van der Waals surface area contributed by atoms with Crippen molar-refractivity contribution in [2.45, 2.75) is 167 Å². The van der Waals surface area contributed by atoms with Crippen LogP contribution >= 0.6 is 11.8 Å². The second-order valence-electron chi connectivity index (χ2n) is 15.7. The topological polar surface area (TPSA) is 54.0 Å². The molecule has 3 aliphatic carbocycles. The standard InChI is InChI=1S/C41H64O5S/c1-3-4-27-47-28-15-9-7-5-6-8-10-16-33-39-32(23-24-41(2)35(39)21-22-36(41)46-38-18-12-14-26-44-38)31-20-19-30(29-34(31)40(33)42)45-37-17-11-13-25-43-37/h19-20,29,32-33,35-39H,3-18,21-28H2,1-2H3/t32?,33-,35?,36-,37?,38?,39?,41-/m0/s1. The molecule has 2 heterocycles. The van der Waals surface area contributed by atoms with Gasteiger partial charge in [-0.2, -0.15) is 11.8 Å². The molecule has 264 valence electrons. The average molecular weight is 669 g/mol. The fourth-order valence-electron chi connectivity index (χ4n) is 9.90. The van der Waals surface area contributed by atoms with Crippen LogP contribution < -0.4 is 4.74 Å². The number of hydrogen-bond donors (Lipinski definition) is 0. The van der Waals surface area contributed by atoms with Gasteiger partial charge in [0, 0.05) is 24.5 Å². The summed E-state index contributed by atoms with van der Waals surface area (Å²) in [6, 6.07) is 6.43. The highest BCUT2D eigenvalue weighted by Crippen LogP contribution is 2.63. The molecule has 4 fully saturated rings. The van der Waals surface area contributed by atoms with Crippen molar-refractivity contribution >= 4 is 17.5 Å². The normalized spacial score (nSPS) is 33.7. The van der Waals surface area contributed by atoms with E-state index in [2.05, 4.69) is 43.8 Å². The highest BCUT2D eigenvalue weighted by molar-refractivity contribution is 7.99. The highest BCUT2D eigenvalue weighted by atomic mass is 32.2. The monoisotopic (exact) mass is 668 g/mol. The Hall–Kier alpha value is -1.08. The summed E-state index contributed by atoms with van der Waals surface area (Å²) in [4.78, 5) is 14.6. The van der Waals surface area contributed by atoms with Crippen molar-refractivity contribution in [3.8, 4) is 5.75 Å². The lowest BCUT2D eigenvalue weighted by Crippen LogP contribution is -2.50. The molecule has 5 unspecified atom stereocenters. The Balaban J connectivity index is 1.11. The molecular formula is C41H64O5S. The van der Waals surface area contributed by atoms with E-state index < -0.39 is 0 Å². The van der Waals surface area contributed by atoms with Gasteiger partial charge in [0.05, 0.1) is 12.7 Å². The van der Waals surface area contributed by atoms with Crippen molar-refractivity contribution in [1.82, 2.24) is 0 Å². The number of Topliss-reactive ketones (excluding diaryl/α,β-unsaturated/α-hetero) is 1. The number of ketones is 1. The van der Waals surface area contributed by atoms with Crippen LogP contribution in [0.1, 0.15) is 164 Å². The quantitative estimate of drug-likeness (QED) is 0.154. The number of carbonyl (C=O) groups is 1. The van der Waals surface area contributed by atoms with Gasteiger partial charge in [-0.1, -0.05) is 64.9 Å². The highest BCUT2D eigenvalue weighted by Gasteiger charge is 2.59. The molecule has 6 heteroatoms. The summed E-state index contributed by atoms with van der Waals surface area (Å²) < 4.78 is 25.0. The molecule has 0 amide bonds. The van der Waals surface area contributed by atoms with Gasteiger partial charge in [0.1, 0.15) is 5.75 Å². The number of thioether (sulfide) groups is 1. The first-order valence-electron chi connectivity index (χ1n) is 19.9. The zero-order chi connectivity index (χ0) is 32.5. The minimum atomic E-state index is -0.192. The minimum Gasteiger partial charge on any atom is -0.465 e. The fraction of sp³-hybridized carbons (Fsp3) is 0.829. The van der Waals surface area contributed by atoms with Gasteiger partial charge in [0.2, 0.25) is 0 Å². The predicted octanol–water partition coefficient (Wildman–Crippen LogP) is 10.9. The molecule has 2 aliphatic heterocycles. The van der Waals surface area contributed by atoms with Crippen molar-refractivity contribution in [3.05, 3.63) is 29.3 Å². The summed E-state index contributed by atoms with van der Waals surface area (Å²) >= 11 is 2.13. The van der Waals surface area contributed by atoms with Crippen LogP contribution in [0.15, 0.2) is 18.2 Å². The molecule has 2 saturated heterocycles. The molecule has 2 saturated carbocycles. The molecule has 0 radical (unpaired) electrons. The molecule has 1 aromatic rings. The van der Waals surface area contributed by atoms with Crippen LogP contribution in [-0.2, 0) is 14.2 Å². The second kappa shape index (κ2) is 17.7. The number of carbonyl (C=O) groups excluding carboxylic acids is 1. The van der Waals surface area contributed by atoms with Crippen molar-refractivity contribution < 1.29 is 23.7 Å². The van der Waals surface area contributed by atoms with E-state index in [1.807, 2.05) is 0 Å². The van der Waals surface area contributed by atoms with Gasteiger partial charge in [0.25, 0.3) is 0 Å². The Kier molecular flexibility index (Phi) is 13.5. The Labute approximate surface area is 290 Å². The van der Waals surface area contributed by atoms with Crippen molar-refractivity contribution in [2.24, 2.45) is 23.2 Å². The number of hydrogen-bond acceptors (Lipinski definition) is 6. The molecule has 5 nitrogen and oxygen atoms in total. The summed E-state index contributed by atoms with van der Waals surface area (Å²) in [6.45, 7) is 6.36. The largest absolute Gasteiger partial charge is 0.465 e. The smallest absolute Gasteiger partial charge is 0.199 e. The third-order valence-corrected chi connectivity index (χ3v) is 13.7. The van der Waals surface area contributed by atoms with E-state index in [0.29, 0.717) is 23.5 Å². The molecular weight excluding hydrogens is 605 g/mol. The SMILES string of the molecule is CCCCSCCCCCCCCC[C@@H]1C(=O)c2cc(OC3CCCCO3)ccc2C2CC[C@@]3(C)C(CC[C@@H]3OC3CCCCO3)C21. The number of unbranched alkanes of at least 4 members (excludes halogenated alkanes) is 7. The first-order valence-corrected chi connectivity index (χ1v) is 21.0. The lowest BCUT2D eigenvalue weighted by atomic mass is 9.51. The van der Waals surface area contributed by atoms with Gasteiger partial charge < -0.3 is 18.9 Å². The van der Waals surface area contributed by atoms with Crippen molar-refractivity contribution in [1.29, 1.82) is 0 Å². The summed E-state index contributed by atoms with van der Waals surface area (Å²) in [6.07, 6.45) is 23.9. The first-order chi connectivity index (χ1) is 23.1. The number of benzene rings is 1. The van der Waals surface area contributed by atoms with Crippen LogP contribution in [0.25, 0.3) is 0 Å². The van der Waals surface area contributed by atoms with Crippen LogP contribution in [-0.4, -0.2) is 49.2 Å². The van der Waals surface area contributed by atoms with E-state index in [-0.39, 0.29) is 30.0 Å². The maximum absolute atomic E-state index is 14.6. The van der Waals surface area contributed by atoms with Gasteiger partial charge in [-0.25, -0.2) is 0 Å². The molecule has 8 atom stereocenters. The van der Waals surface area contributed by atoms with Gasteiger partial charge in [-0.3, -0.25) is 4.79 Å². The van der Waals surface area contributed by atoms with Crippen LogP contribution in [0.3, 0.4) is 0 Å². The molecule has 0 aromatic heterocycles. The maximum atomic E-state index is 14.6. The minimum absolute atomic E-state index is 0.0436. The average Bonchev–Trinajstić information content (AvgIpc) is 3.42. The number of fused-ring (bicyclic) bond motifs is 5. The van der Waals surface area contributed by atoms with Crippen molar-refractivity contribution in [3.63, 3.8) is 0 Å². The maximum Gasteiger partial charge on any atom is 0.199 e. The first kappa shape index (κ1) is 35.7. The van der Waals surface area contributed by atoms with Gasteiger partial charge >= 0.3 is 0 Å². The zero-order valence-corrected chi connectivity index (χ0v) is 30.5. The summed E-state index contributed by atoms with van der Waals surface area (Å²) in [5.74, 6) is 5.32. The van der Waals surface area contributed by atoms with Crippen LogP contribution in [0.2, 0.25) is 0 Å². The van der Waals surface area contributed by atoms with E-state index in [4.69, 9.17) is 18.9 Å². The van der Waals surface area contributed by atoms with Crippen LogP contribution in [0.5, 0.6) is 5.75 Å². The predicted molar refractivity (Wildman–Crippen MR) is 192 cm³/mol. The fourth-order valence-corrected chi connectivity index (χ4v) is 11.0. The molecule has 0 N–H and O–H groups in total. The second-order valence-corrected chi connectivity index (χ2v) is 16.9. The summed E-state index contributed by atoms with van der Waals surface area (Å²) in [5.41, 5.74) is 2.34. The van der Waals surface area contributed by atoms with E-state index in [1.54, 1.807) is 0 Å². The molecule has 47 heavy (non-hydrogen) atoms.